The number of amides is 2. The second-order valence-corrected chi connectivity index (χ2v) is 8.40. The highest BCUT2D eigenvalue weighted by Gasteiger charge is 2.30. The lowest BCUT2D eigenvalue weighted by molar-refractivity contribution is -0.127. The lowest BCUT2D eigenvalue weighted by Crippen LogP contribution is -2.45. The van der Waals surface area contributed by atoms with Crippen LogP contribution >= 0.6 is 0 Å². The monoisotopic (exact) mass is 345 g/mol. The first-order chi connectivity index (χ1) is 11.9. The van der Waals surface area contributed by atoms with E-state index in [0.717, 1.165) is 50.9 Å². The lowest BCUT2D eigenvalue weighted by atomic mass is 9.98. The quantitative estimate of drug-likeness (QED) is 0.841. The highest BCUT2D eigenvalue weighted by molar-refractivity contribution is 5.94. The van der Waals surface area contributed by atoms with Gasteiger partial charge in [-0.15, -0.1) is 0 Å². The van der Waals surface area contributed by atoms with Crippen LogP contribution in [0.1, 0.15) is 69.7 Å². The SMILES string of the molecule is CC(C)(C)n1ccc(C(=O)N2CCCC[C@H]2CCN2CCCC2=O)c1. The Balaban J connectivity index is 1.66. The zero-order valence-corrected chi connectivity index (χ0v) is 15.8. The molecule has 0 bridgehead atoms. The van der Waals surface area contributed by atoms with Crippen molar-refractivity contribution in [3.8, 4) is 0 Å². The van der Waals surface area contributed by atoms with Crippen molar-refractivity contribution >= 4 is 11.8 Å². The predicted molar refractivity (Wildman–Crippen MR) is 98.5 cm³/mol. The second kappa shape index (κ2) is 7.22. The Morgan fingerprint density at radius 2 is 2.00 bits per heavy atom. The number of hydrogen-bond donors (Lipinski definition) is 0. The molecule has 5 heteroatoms. The van der Waals surface area contributed by atoms with Crippen molar-refractivity contribution in [3.63, 3.8) is 0 Å². The minimum atomic E-state index is -0.0179. The van der Waals surface area contributed by atoms with Crippen LogP contribution in [-0.4, -0.2) is 51.9 Å². The molecule has 0 aliphatic carbocycles. The Morgan fingerprint density at radius 3 is 2.64 bits per heavy atom. The Bertz CT molecular complexity index is 629. The maximum Gasteiger partial charge on any atom is 0.255 e. The third-order valence-corrected chi connectivity index (χ3v) is 5.51. The molecular weight excluding hydrogens is 314 g/mol. The lowest BCUT2D eigenvalue weighted by Gasteiger charge is -2.36. The summed E-state index contributed by atoms with van der Waals surface area (Å²) in [5.41, 5.74) is 0.759. The summed E-state index contributed by atoms with van der Waals surface area (Å²) in [4.78, 5) is 28.9. The molecule has 0 N–H and O–H groups in total. The number of likely N-dealkylation sites (tertiary alicyclic amines) is 2. The molecule has 1 aromatic heterocycles. The van der Waals surface area contributed by atoms with Crippen molar-refractivity contribution in [2.24, 2.45) is 0 Å². The highest BCUT2D eigenvalue weighted by atomic mass is 16.2. The van der Waals surface area contributed by atoms with Gasteiger partial charge in [-0.05, 0) is 58.9 Å². The fourth-order valence-electron chi connectivity index (χ4n) is 3.92. The van der Waals surface area contributed by atoms with Crippen LogP contribution in [0.5, 0.6) is 0 Å². The standard InChI is InChI=1S/C20H31N3O2/c1-20(2,3)22-14-9-16(15-22)19(25)23-12-5-4-7-17(23)10-13-21-11-6-8-18(21)24/h9,14-15,17H,4-8,10-13H2,1-3H3/t17-/m0/s1. The molecule has 2 fully saturated rings. The Morgan fingerprint density at radius 1 is 1.20 bits per heavy atom. The molecule has 1 atom stereocenters. The van der Waals surface area contributed by atoms with Gasteiger partial charge in [0.2, 0.25) is 5.91 Å². The van der Waals surface area contributed by atoms with Gasteiger partial charge in [-0.2, -0.15) is 0 Å². The van der Waals surface area contributed by atoms with E-state index in [1.165, 1.54) is 6.42 Å². The molecule has 2 amide bonds. The van der Waals surface area contributed by atoms with E-state index in [1.807, 2.05) is 28.3 Å². The van der Waals surface area contributed by atoms with Crippen LogP contribution in [0.4, 0.5) is 0 Å². The van der Waals surface area contributed by atoms with Gasteiger partial charge in [0.1, 0.15) is 0 Å². The molecule has 3 rings (SSSR count). The summed E-state index contributed by atoms with van der Waals surface area (Å²) in [5, 5.41) is 0. The molecule has 0 saturated carbocycles. The van der Waals surface area contributed by atoms with E-state index in [4.69, 9.17) is 0 Å². The molecule has 2 aliphatic heterocycles. The topological polar surface area (TPSA) is 45.6 Å². The van der Waals surface area contributed by atoms with Crippen LogP contribution in [0.2, 0.25) is 0 Å². The average molecular weight is 345 g/mol. The summed E-state index contributed by atoms with van der Waals surface area (Å²) in [7, 11) is 0. The van der Waals surface area contributed by atoms with Gasteiger partial charge >= 0.3 is 0 Å². The van der Waals surface area contributed by atoms with Gasteiger partial charge < -0.3 is 14.4 Å². The molecule has 0 radical (unpaired) electrons. The van der Waals surface area contributed by atoms with Gasteiger partial charge in [-0.25, -0.2) is 0 Å². The molecular formula is C20H31N3O2. The molecule has 0 unspecified atom stereocenters. The van der Waals surface area contributed by atoms with Gasteiger partial charge in [0.15, 0.2) is 0 Å². The van der Waals surface area contributed by atoms with E-state index < -0.39 is 0 Å². The van der Waals surface area contributed by atoms with Crippen LogP contribution in [0.3, 0.4) is 0 Å². The number of piperidine rings is 1. The maximum atomic E-state index is 13.0. The summed E-state index contributed by atoms with van der Waals surface area (Å²) in [5.74, 6) is 0.413. The summed E-state index contributed by atoms with van der Waals surface area (Å²) in [6, 6.07) is 2.19. The fourth-order valence-corrected chi connectivity index (χ4v) is 3.92. The van der Waals surface area contributed by atoms with Crippen molar-refractivity contribution in [2.45, 2.75) is 70.9 Å². The Labute approximate surface area is 151 Å². The largest absolute Gasteiger partial charge is 0.348 e. The smallest absolute Gasteiger partial charge is 0.255 e. The van der Waals surface area contributed by atoms with E-state index in [-0.39, 0.29) is 23.4 Å². The molecule has 138 valence electrons. The number of nitrogens with zero attached hydrogens (tertiary/aromatic N) is 3. The molecule has 5 nitrogen and oxygen atoms in total. The van der Waals surface area contributed by atoms with Crippen LogP contribution in [0.25, 0.3) is 0 Å². The van der Waals surface area contributed by atoms with Gasteiger partial charge in [-0.3, -0.25) is 9.59 Å². The van der Waals surface area contributed by atoms with E-state index in [1.54, 1.807) is 0 Å². The second-order valence-electron chi connectivity index (χ2n) is 8.40. The summed E-state index contributed by atoms with van der Waals surface area (Å²) in [6.07, 6.45) is 9.83. The number of rotatable bonds is 4. The Kier molecular flexibility index (Phi) is 5.21. The van der Waals surface area contributed by atoms with E-state index in [9.17, 15) is 9.59 Å². The highest BCUT2D eigenvalue weighted by Crippen LogP contribution is 2.24. The van der Waals surface area contributed by atoms with Crippen LogP contribution in [0, 0.1) is 0 Å². The van der Waals surface area contributed by atoms with Crippen molar-refractivity contribution in [3.05, 3.63) is 24.0 Å². The van der Waals surface area contributed by atoms with Crippen LogP contribution < -0.4 is 0 Å². The maximum absolute atomic E-state index is 13.0. The normalized spacial score (nSPS) is 21.9. The Hall–Kier alpha value is -1.78. The number of carbonyl (C=O) groups is 2. The summed E-state index contributed by atoms with van der Waals surface area (Å²) < 4.78 is 2.10. The summed E-state index contributed by atoms with van der Waals surface area (Å²) in [6.45, 7) is 8.91. The summed E-state index contributed by atoms with van der Waals surface area (Å²) >= 11 is 0. The van der Waals surface area contributed by atoms with Crippen LogP contribution in [0.15, 0.2) is 18.5 Å². The number of carbonyl (C=O) groups excluding carboxylic acids is 2. The predicted octanol–water partition coefficient (Wildman–Crippen LogP) is 3.25. The zero-order chi connectivity index (χ0) is 18.0. The van der Waals surface area contributed by atoms with Crippen molar-refractivity contribution in [1.82, 2.24) is 14.4 Å². The first kappa shape index (κ1) is 18.0. The van der Waals surface area contributed by atoms with Crippen molar-refractivity contribution in [1.29, 1.82) is 0 Å². The molecule has 2 aliphatic rings. The fraction of sp³-hybridized carbons (Fsp3) is 0.700. The minimum Gasteiger partial charge on any atom is -0.348 e. The zero-order valence-electron chi connectivity index (χ0n) is 15.8. The van der Waals surface area contributed by atoms with E-state index in [0.29, 0.717) is 6.42 Å². The first-order valence-corrected chi connectivity index (χ1v) is 9.63. The van der Waals surface area contributed by atoms with Crippen molar-refractivity contribution in [2.75, 3.05) is 19.6 Å². The molecule has 0 spiro atoms. The van der Waals surface area contributed by atoms with Gasteiger partial charge in [-0.1, -0.05) is 0 Å². The molecule has 3 heterocycles. The van der Waals surface area contributed by atoms with Crippen molar-refractivity contribution < 1.29 is 9.59 Å². The third kappa shape index (κ3) is 4.07. The van der Waals surface area contributed by atoms with E-state index in [2.05, 4.69) is 25.3 Å². The van der Waals surface area contributed by atoms with E-state index >= 15 is 0 Å². The number of hydrogen-bond acceptors (Lipinski definition) is 2. The first-order valence-electron chi connectivity index (χ1n) is 9.63. The molecule has 0 aromatic carbocycles. The van der Waals surface area contributed by atoms with Gasteiger partial charge in [0.05, 0.1) is 5.56 Å². The van der Waals surface area contributed by atoms with Gasteiger partial charge in [0.25, 0.3) is 5.91 Å². The number of aromatic nitrogens is 1. The third-order valence-electron chi connectivity index (χ3n) is 5.51. The molecule has 1 aromatic rings. The molecule has 2 saturated heterocycles. The minimum absolute atomic E-state index is 0.0179. The average Bonchev–Trinajstić information content (AvgIpc) is 3.21. The van der Waals surface area contributed by atoms with Gasteiger partial charge in [0, 0.05) is 50.0 Å². The van der Waals surface area contributed by atoms with Crippen LogP contribution in [-0.2, 0) is 10.3 Å². The molecule has 25 heavy (non-hydrogen) atoms.